The number of aryl methyl sites for hydroxylation is 1. The van der Waals surface area contributed by atoms with Gasteiger partial charge in [-0.3, -0.25) is 5.10 Å². The van der Waals surface area contributed by atoms with Crippen LogP contribution in [-0.4, -0.2) is 31.5 Å². The Labute approximate surface area is 178 Å². The number of benzene rings is 1. The van der Waals surface area contributed by atoms with Crippen molar-refractivity contribution in [2.45, 2.75) is 26.4 Å². The minimum Gasteiger partial charge on any atom is -0.461 e. The van der Waals surface area contributed by atoms with Crippen LogP contribution in [0.4, 0.5) is 0 Å². The lowest BCUT2D eigenvalue weighted by Crippen LogP contribution is -2.17. The van der Waals surface area contributed by atoms with Crippen molar-refractivity contribution in [1.29, 1.82) is 0 Å². The lowest BCUT2D eigenvalue weighted by molar-refractivity contribution is 0.577. The van der Waals surface area contributed by atoms with Crippen molar-refractivity contribution in [2.24, 2.45) is 0 Å². The Morgan fingerprint density at radius 3 is 2.83 bits per heavy atom. The Balaban J connectivity index is 1.33. The number of nitrogens with zero attached hydrogens (tertiary/aromatic N) is 4. The molecule has 3 aromatic heterocycles. The molecule has 0 bridgehead atoms. The maximum atomic E-state index is 6.57. The second-order valence-electron chi connectivity index (χ2n) is 6.61. The van der Waals surface area contributed by atoms with Gasteiger partial charge in [0.05, 0.1) is 18.5 Å². The fourth-order valence-electron chi connectivity index (χ4n) is 3.03. The first-order valence-corrected chi connectivity index (χ1v) is 9.98. The van der Waals surface area contributed by atoms with Gasteiger partial charge >= 0.3 is 0 Å². The first-order valence-electron chi connectivity index (χ1n) is 9.23. The Hall–Kier alpha value is -2.61. The summed E-state index contributed by atoms with van der Waals surface area (Å²) in [6.07, 6.45) is 2.31. The third-order valence-electron chi connectivity index (χ3n) is 4.57. The van der Waals surface area contributed by atoms with E-state index in [1.54, 1.807) is 10.9 Å². The number of rotatable bonds is 8. The lowest BCUT2D eigenvalue weighted by Gasteiger charge is -2.06. The number of hydrogen-bond donors (Lipinski definition) is 2. The average molecular weight is 431 g/mol. The maximum absolute atomic E-state index is 6.57. The van der Waals surface area contributed by atoms with Gasteiger partial charge in [0.15, 0.2) is 5.76 Å². The van der Waals surface area contributed by atoms with E-state index in [9.17, 15) is 0 Å². The van der Waals surface area contributed by atoms with Crippen LogP contribution in [0.2, 0.25) is 10.2 Å². The predicted molar refractivity (Wildman–Crippen MR) is 112 cm³/mol. The molecule has 0 fully saturated rings. The summed E-state index contributed by atoms with van der Waals surface area (Å²) in [5.41, 5.74) is 2.86. The molecule has 0 radical (unpaired) electrons. The van der Waals surface area contributed by atoms with Gasteiger partial charge in [-0.2, -0.15) is 10.2 Å². The van der Waals surface area contributed by atoms with Crippen molar-refractivity contribution >= 4 is 23.2 Å². The van der Waals surface area contributed by atoms with Gasteiger partial charge in [-0.25, -0.2) is 9.67 Å². The standard InChI is InChI=1S/C20H20Cl2N6O/c1-13-15(19(22)28(27-13)12-14-5-2-3-6-16(14)21)11-23-9-8-18-24-20(26-25-18)17-7-4-10-29-17/h2-7,10,23H,8-9,11-12H2,1H3,(H,24,25,26). The summed E-state index contributed by atoms with van der Waals surface area (Å²) in [5.74, 6) is 2.00. The van der Waals surface area contributed by atoms with Crippen molar-refractivity contribution in [1.82, 2.24) is 30.3 Å². The van der Waals surface area contributed by atoms with Crippen molar-refractivity contribution in [3.63, 3.8) is 0 Å². The molecule has 1 aromatic carbocycles. The molecule has 3 heterocycles. The topological polar surface area (TPSA) is 84.6 Å². The lowest BCUT2D eigenvalue weighted by atomic mass is 10.2. The predicted octanol–water partition coefficient (Wildman–Crippen LogP) is 4.26. The van der Waals surface area contributed by atoms with E-state index in [2.05, 4.69) is 25.6 Å². The van der Waals surface area contributed by atoms with Gasteiger partial charge in [-0.15, -0.1) is 0 Å². The highest BCUT2D eigenvalue weighted by molar-refractivity contribution is 6.31. The SMILES string of the molecule is Cc1nn(Cc2ccccc2Cl)c(Cl)c1CNCCc1nc(-c2ccco2)n[nH]1. The average Bonchev–Trinajstić information content (AvgIpc) is 3.44. The van der Waals surface area contributed by atoms with Gasteiger partial charge in [0, 0.05) is 30.1 Å². The van der Waals surface area contributed by atoms with Crippen molar-refractivity contribution in [3.8, 4) is 11.6 Å². The molecule has 0 unspecified atom stereocenters. The van der Waals surface area contributed by atoms with Gasteiger partial charge in [-0.1, -0.05) is 41.4 Å². The highest BCUT2D eigenvalue weighted by Crippen LogP contribution is 2.23. The molecule has 9 heteroatoms. The maximum Gasteiger partial charge on any atom is 0.216 e. The van der Waals surface area contributed by atoms with Crippen LogP contribution in [0, 0.1) is 6.92 Å². The molecule has 29 heavy (non-hydrogen) atoms. The summed E-state index contributed by atoms with van der Waals surface area (Å²) >= 11 is 12.8. The van der Waals surface area contributed by atoms with E-state index in [1.165, 1.54) is 0 Å². The van der Waals surface area contributed by atoms with Gasteiger partial charge in [-0.05, 0) is 30.7 Å². The van der Waals surface area contributed by atoms with Gasteiger partial charge in [0.25, 0.3) is 0 Å². The van der Waals surface area contributed by atoms with E-state index in [1.807, 2.05) is 43.3 Å². The Morgan fingerprint density at radius 1 is 1.17 bits per heavy atom. The van der Waals surface area contributed by atoms with E-state index in [-0.39, 0.29) is 0 Å². The fraction of sp³-hybridized carbons (Fsp3) is 0.250. The van der Waals surface area contributed by atoms with Crippen LogP contribution >= 0.6 is 23.2 Å². The van der Waals surface area contributed by atoms with Crippen LogP contribution in [0.15, 0.2) is 47.1 Å². The Kier molecular flexibility index (Phi) is 5.99. The van der Waals surface area contributed by atoms with Gasteiger partial charge in [0.1, 0.15) is 11.0 Å². The van der Waals surface area contributed by atoms with Crippen LogP contribution < -0.4 is 5.32 Å². The van der Waals surface area contributed by atoms with Gasteiger partial charge < -0.3 is 9.73 Å². The van der Waals surface area contributed by atoms with Crippen LogP contribution in [0.1, 0.15) is 22.6 Å². The second kappa shape index (κ2) is 8.82. The molecule has 7 nitrogen and oxygen atoms in total. The first-order chi connectivity index (χ1) is 14.1. The van der Waals surface area contributed by atoms with E-state index < -0.39 is 0 Å². The van der Waals surface area contributed by atoms with E-state index in [0.717, 1.165) is 29.2 Å². The second-order valence-corrected chi connectivity index (χ2v) is 7.38. The third kappa shape index (κ3) is 4.53. The van der Waals surface area contributed by atoms with Crippen molar-refractivity contribution in [3.05, 3.63) is 75.5 Å². The smallest absolute Gasteiger partial charge is 0.216 e. The number of nitrogens with one attached hydrogen (secondary N) is 2. The highest BCUT2D eigenvalue weighted by atomic mass is 35.5. The minimum atomic E-state index is 0.535. The monoisotopic (exact) mass is 430 g/mol. The van der Waals surface area contributed by atoms with Crippen LogP contribution in [0.25, 0.3) is 11.6 Å². The largest absolute Gasteiger partial charge is 0.461 e. The molecule has 150 valence electrons. The normalized spacial score (nSPS) is 11.3. The quantitative estimate of drug-likeness (QED) is 0.408. The molecule has 4 aromatic rings. The summed E-state index contributed by atoms with van der Waals surface area (Å²) < 4.78 is 7.08. The zero-order valence-electron chi connectivity index (χ0n) is 15.8. The summed E-state index contributed by atoms with van der Waals surface area (Å²) in [4.78, 5) is 4.44. The summed E-state index contributed by atoms with van der Waals surface area (Å²) in [6.45, 7) is 3.83. The highest BCUT2D eigenvalue weighted by Gasteiger charge is 2.14. The zero-order chi connectivity index (χ0) is 20.2. The van der Waals surface area contributed by atoms with E-state index >= 15 is 0 Å². The van der Waals surface area contributed by atoms with Crippen molar-refractivity contribution < 1.29 is 4.42 Å². The number of halogens is 2. The van der Waals surface area contributed by atoms with Crippen LogP contribution in [0.3, 0.4) is 0 Å². The van der Waals surface area contributed by atoms with Crippen molar-refractivity contribution in [2.75, 3.05) is 6.54 Å². The molecule has 0 aliphatic heterocycles. The van der Waals surface area contributed by atoms with Crippen LogP contribution in [-0.2, 0) is 19.5 Å². The minimum absolute atomic E-state index is 0.535. The number of H-pyrrole nitrogens is 1. The first kappa shape index (κ1) is 19.7. The molecular formula is C20H20Cl2N6O. The third-order valence-corrected chi connectivity index (χ3v) is 5.37. The summed E-state index contributed by atoms with van der Waals surface area (Å²) in [7, 11) is 0. The summed E-state index contributed by atoms with van der Waals surface area (Å²) in [6, 6.07) is 11.3. The number of furan rings is 1. The number of aromatic nitrogens is 5. The Bertz CT molecular complexity index is 1090. The molecule has 0 saturated heterocycles. The molecule has 0 saturated carbocycles. The molecule has 2 N–H and O–H groups in total. The molecule has 0 atom stereocenters. The zero-order valence-corrected chi connectivity index (χ0v) is 17.3. The molecular weight excluding hydrogens is 411 g/mol. The Morgan fingerprint density at radius 2 is 2.03 bits per heavy atom. The van der Waals surface area contributed by atoms with Gasteiger partial charge in [0.2, 0.25) is 5.82 Å². The summed E-state index contributed by atoms with van der Waals surface area (Å²) in [5, 5.41) is 16.4. The molecule has 4 rings (SSSR count). The molecule has 0 amide bonds. The number of aromatic amines is 1. The fourth-order valence-corrected chi connectivity index (χ4v) is 3.52. The number of hydrogen-bond acceptors (Lipinski definition) is 5. The molecule has 0 aliphatic carbocycles. The molecule has 0 aliphatic rings. The van der Waals surface area contributed by atoms with E-state index in [4.69, 9.17) is 27.6 Å². The van der Waals surface area contributed by atoms with E-state index in [0.29, 0.717) is 41.3 Å². The van der Waals surface area contributed by atoms with Crippen LogP contribution in [0.5, 0.6) is 0 Å². The molecule has 0 spiro atoms.